The lowest BCUT2D eigenvalue weighted by molar-refractivity contribution is 0.0417. The third kappa shape index (κ3) is 2.16. The molecule has 2 heterocycles. The van der Waals surface area contributed by atoms with Crippen molar-refractivity contribution < 1.29 is 14.3 Å². The molecule has 0 saturated carbocycles. The molecular formula is C21H22N2O3. The van der Waals surface area contributed by atoms with Crippen LogP contribution in [0.3, 0.4) is 0 Å². The number of nitrogens with zero attached hydrogens (tertiary/aromatic N) is 1. The van der Waals surface area contributed by atoms with Crippen molar-refractivity contribution in [2.75, 3.05) is 12.3 Å². The maximum atomic E-state index is 12.7. The molecule has 2 amide bonds. The van der Waals surface area contributed by atoms with Crippen LogP contribution >= 0.6 is 0 Å². The molecule has 0 fully saturated rings. The van der Waals surface area contributed by atoms with E-state index in [2.05, 4.69) is 0 Å². The molecule has 134 valence electrons. The Bertz CT molecular complexity index is 906. The normalized spacial score (nSPS) is 21.0. The van der Waals surface area contributed by atoms with Gasteiger partial charge in [-0.1, -0.05) is 12.1 Å². The van der Waals surface area contributed by atoms with Gasteiger partial charge in [-0.25, -0.2) is 0 Å². The number of hydrogen-bond donors (Lipinski definition) is 1. The fraction of sp³-hybridized carbons (Fsp3) is 0.333. The van der Waals surface area contributed by atoms with Crippen molar-refractivity contribution in [3.05, 3.63) is 57.6 Å². The fourth-order valence-corrected chi connectivity index (χ4v) is 4.03. The summed E-state index contributed by atoms with van der Waals surface area (Å²) in [5.41, 5.74) is 11.4. The summed E-state index contributed by atoms with van der Waals surface area (Å²) in [7, 11) is 0. The van der Waals surface area contributed by atoms with Crippen LogP contribution in [0.25, 0.3) is 0 Å². The number of nitrogen functional groups attached to an aromatic ring is 1. The van der Waals surface area contributed by atoms with Crippen molar-refractivity contribution in [3.8, 4) is 5.75 Å². The summed E-state index contributed by atoms with van der Waals surface area (Å²) in [6.45, 7) is 8.14. The minimum atomic E-state index is -0.661. The van der Waals surface area contributed by atoms with E-state index in [-0.39, 0.29) is 18.4 Å². The van der Waals surface area contributed by atoms with Gasteiger partial charge in [-0.05, 0) is 56.5 Å². The van der Waals surface area contributed by atoms with E-state index in [4.69, 9.17) is 10.5 Å². The Morgan fingerprint density at radius 2 is 1.62 bits per heavy atom. The van der Waals surface area contributed by atoms with Gasteiger partial charge in [-0.2, -0.15) is 0 Å². The van der Waals surface area contributed by atoms with Crippen LogP contribution in [0.4, 0.5) is 5.69 Å². The first-order chi connectivity index (χ1) is 12.2. The number of ether oxygens (including phenoxy) is 1. The maximum Gasteiger partial charge on any atom is 0.261 e. The Kier molecular flexibility index (Phi) is 3.41. The van der Waals surface area contributed by atoms with E-state index in [0.29, 0.717) is 17.5 Å². The second-order valence-electron chi connectivity index (χ2n) is 7.57. The first-order valence-corrected chi connectivity index (χ1v) is 8.76. The lowest BCUT2D eigenvalue weighted by Gasteiger charge is -2.28. The highest BCUT2D eigenvalue weighted by Gasteiger charge is 2.44. The van der Waals surface area contributed by atoms with Crippen LogP contribution in [0.5, 0.6) is 5.75 Å². The second-order valence-corrected chi connectivity index (χ2v) is 7.57. The number of benzene rings is 2. The Balaban J connectivity index is 1.67. The number of anilines is 1. The predicted molar refractivity (Wildman–Crippen MR) is 99.6 cm³/mol. The molecule has 2 aliphatic heterocycles. The lowest BCUT2D eigenvalue weighted by atomic mass is 9.92. The Morgan fingerprint density at radius 3 is 2.19 bits per heavy atom. The highest BCUT2D eigenvalue weighted by molar-refractivity contribution is 6.21. The van der Waals surface area contributed by atoms with Crippen molar-refractivity contribution >= 4 is 17.5 Å². The number of rotatable bonds is 2. The number of nitrogens with two attached hydrogens (primary N) is 1. The molecule has 1 atom stereocenters. The molecular weight excluding hydrogens is 328 g/mol. The van der Waals surface area contributed by atoms with Crippen LogP contribution in [0.2, 0.25) is 0 Å². The zero-order valence-electron chi connectivity index (χ0n) is 15.5. The highest BCUT2D eigenvalue weighted by atomic mass is 16.5. The molecule has 4 rings (SSSR count). The number of amides is 2. The van der Waals surface area contributed by atoms with Gasteiger partial charge in [-0.3, -0.25) is 14.5 Å². The topological polar surface area (TPSA) is 72.6 Å². The molecule has 2 aromatic carbocycles. The van der Waals surface area contributed by atoms with Crippen LogP contribution in [-0.2, 0) is 6.42 Å². The first-order valence-electron chi connectivity index (χ1n) is 8.76. The van der Waals surface area contributed by atoms with E-state index < -0.39 is 5.60 Å². The minimum Gasteiger partial charge on any atom is -0.485 e. The van der Waals surface area contributed by atoms with Gasteiger partial charge >= 0.3 is 0 Å². The number of imide groups is 1. The molecule has 1 unspecified atom stereocenters. The average Bonchev–Trinajstić information content (AvgIpc) is 3.10. The van der Waals surface area contributed by atoms with Gasteiger partial charge in [0.1, 0.15) is 11.4 Å². The zero-order valence-corrected chi connectivity index (χ0v) is 15.5. The Hall–Kier alpha value is -2.82. The van der Waals surface area contributed by atoms with Crippen molar-refractivity contribution in [1.82, 2.24) is 4.90 Å². The van der Waals surface area contributed by atoms with Crippen molar-refractivity contribution in [3.63, 3.8) is 0 Å². The molecule has 2 aromatic rings. The molecule has 0 aliphatic carbocycles. The molecule has 2 N–H and O–H groups in total. The minimum absolute atomic E-state index is 0.214. The monoisotopic (exact) mass is 350 g/mol. The zero-order chi connectivity index (χ0) is 18.8. The maximum absolute atomic E-state index is 12.7. The third-order valence-corrected chi connectivity index (χ3v) is 5.71. The molecule has 0 spiro atoms. The van der Waals surface area contributed by atoms with Crippen LogP contribution in [0.1, 0.15) is 49.9 Å². The largest absolute Gasteiger partial charge is 0.485 e. The quantitative estimate of drug-likeness (QED) is 0.667. The van der Waals surface area contributed by atoms with Crippen molar-refractivity contribution in [2.24, 2.45) is 0 Å². The number of hydrogen-bond acceptors (Lipinski definition) is 4. The standard InChI is InChI=1S/C21H22N2O3/c1-11-12(2)18-16(13(3)17(11)22)9-21(4,26-18)10-23-19(24)14-7-5-6-8-15(14)20(23)25/h5-8H,9-10,22H2,1-4H3. The van der Waals surface area contributed by atoms with Crippen LogP contribution in [-0.4, -0.2) is 28.9 Å². The van der Waals surface area contributed by atoms with E-state index in [1.165, 1.54) is 4.90 Å². The Morgan fingerprint density at radius 1 is 1.04 bits per heavy atom. The van der Waals surface area contributed by atoms with Gasteiger partial charge in [0.05, 0.1) is 17.7 Å². The molecule has 0 aromatic heterocycles. The molecule has 0 bridgehead atoms. The summed E-state index contributed by atoms with van der Waals surface area (Å²) in [4.78, 5) is 26.7. The molecule has 5 heteroatoms. The smallest absolute Gasteiger partial charge is 0.261 e. The van der Waals surface area contributed by atoms with E-state index >= 15 is 0 Å². The number of carbonyl (C=O) groups excluding carboxylic acids is 2. The van der Waals surface area contributed by atoms with Gasteiger partial charge in [-0.15, -0.1) is 0 Å². The van der Waals surface area contributed by atoms with Gasteiger partial charge in [0.25, 0.3) is 11.8 Å². The third-order valence-electron chi connectivity index (χ3n) is 5.71. The molecule has 5 nitrogen and oxygen atoms in total. The lowest BCUT2D eigenvalue weighted by Crippen LogP contribution is -2.46. The number of carbonyl (C=O) groups is 2. The summed E-state index contributed by atoms with van der Waals surface area (Å²) >= 11 is 0. The van der Waals surface area contributed by atoms with Gasteiger partial charge < -0.3 is 10.5 Å². The van der Waals surface area contributed by atoms with Crippen molar-refractivity contribution in [2.45, 2.75) is 39.7 Å². The van der Waals surface area contributed by atoms with E-state index in [9.17, 15) is 9.59 Å². The van der Waals surface area contributed by atoms with Gasteiger partial charge in [0.2, 0.25) is 0 Å². The molecule has 0 saturated heterocycles. The molecule has 0 radical (unpaired) electrons. The highest BCUT2D eigenvalue weighted by Crippen LogP contribution is 2.44. The van der Waals surface area contributed by atoms with E-state index in [1.807, 2.05) is 27.7 Å². The van der Waals surface area contributed by atoms with Crippen LogP contribution in [0, 0.1) is 20.8 Å². The summed E-state index contributed by atoms with van der Waals surface area (Å²) in [6, 6.07) is 6.94. The first kappa shape index (κ1) is 16.6. The van der Waals surface area contributed by atoms with E-state index in [0.717, 1.165) is 33.7 Å². The predicted octanol–water partition coefficient (Wildman–Crippen LogP) is 3.18. The average molecular weight is 350 g/mol. The Labute approximate surface area is 152 Å². The summed E-state index contributed by atoms with van der Waals surface area (Å²) in [5.74, 6) is 0.333. The summed E-state index contributed by atoms with van der Waals surface area (Å²) in [5, 5.41) is 0. The fourth-order valence-electron chi connectivity index (χ4n) is 4.03. The van der Waals surface area contributed by atoms with Crippen molar-refractivity contribution in [1.29, 1.82) is 0 Å². The van der Waals surface area contributed by atoms with Crippen LogP contribution in [0.15, 0.2) is 24.3 Å². The summed E-state index contributed by atoms with van der Waals surface area (Å²) < 4.78 is 6.30. The molecule has 2 aliphatic rings. The number of fused-ring (bicyclic) bond motifs is 2. The summed E-state index contributed by atoms with van der Waals surface area (Å²) in [6.07, 6.45) is 0.618. The van der Waals surface area contributed by atoms with Gasteiger partial charge in [0, 0.05) is 17.7 Å². The van der Waals surface area contributed by atoms with Gasteiger partial charge in [0.15, 0.2) is 0 Å². The van der Waals surface area contributed by atoms with Crippen LogP contribution < -0.4 is 10.5 Å². The SMILES string of the molecule is Cc1c(C)c2c(c(C)c1N)CC(C)(CN1C(=O)c3ccccc3C1=O)O2. The van der Waals surface area contributed by atoms with E-state index in [1.54, 1.807) is 24.3 Å². The second kappa shape index (κ2) is 5.34. The molecule has 26 heavy (non-hydrogen) atoms.